The summed E-state index contributed by atoms with van der Waals surface area (Å²) in [5.41, 5.74) is 9.29. The van der Waals surface area contributed by atoms with Crippen molar-refractivity contribution in [3.63, 3.8) is 0 Å². The van der Waals surface area contributed by atoms with Crippen molar-refractivity contribution < 1.29 is 4.74 Å². The fourth-order valence-electron chi connectivity index (χ4n) is 1.70. The fourth-order valence-corrected chi connectivity index (χ4v) is 2.29. The van der Waals surface area contributed by atoms with Crippen molar-refractivity contribution in [2.45, 2.75) is 20.5 Å². The van der Waals surface area contributed by atoms with E-state index in [0.29, 0.717) is 20.8 Å². The Morgan fingerprint density at radius 1 is 1.10 bits per heavy atom. The molecule has 0 saturated carbocycles. The quantitative estimate of drug-likeness (QED) is 0.820. The monoisotopic (exact) mass is 330 g/mol. The first-order chi connectivity index (χ1) is 9.40. The Hall–Kier alpha value is -1.16. The number of aryl methyl sites for hydroxylation is 1. The Bertz CT molecular complexity index is 657. The molecule has 1 aromatic carbocycles. The number of pyridine rings is 1. The van der Waals surface area contributed by atoms with Crippen LogP contribution in [-0.4, -0.2) is 4.98 Å². The third-order valence-electron chi connectivity index (χ3n) is 3.01. The molecule has 1 heterocycles. The summed E-state index contributed by atoms with van der Waals surface area (Å²) in [6.45, 7) is 4.08. The zero-order valence-corrected chi connectivity index (χ0v) is 13.3. The molecular weight excluding hydrogens is 319 g/mol. The third kappa shape index (κ3) is 3.11. The highest BCUT2D eigenvalue weighted by atomic mass is 35.5. The first-order valence-electron chi connectivity index (χ1n) is 5.88. The van der Waals surface area contributed by atoms with Crippen LogP contribution in [0.1, 0.15) is 16.8 Å². The van der Waals surface area contributed by atoms with Gasteiger partial charge in [0.05, 0.1) is 20.8 Å². The van der Waals surface area contributed by atoms with Gasteiger partial charge in [0.25, 0.3) is 0 Å². The molecule has 0 saturated heterocycles. The van der Waals surface area contributed by atoms with Gasteiger partial charge in [-0.1, -0.05) is 34.8 Å². The molecule has 0 radical (unpaired) electrons. The molecule has 106 valence electrons. The predicted molar refractivity (Wildman–Crippen MR) is 83.9 cm³/mol. The molecule has 1 aromatic heterocycles. The molecule has 0 aliphatic heterocycles. The molecule has 0 bridgehead atoms. The summed E-state index contributed by atoms with van der Waals surface area (Å²) in [5, 5.41) is 1.18. The van der Waals surface area contributed by atoms with Gasteiger partial charge in [-0.15, -0.1) is 0 Å². The zero-order valence-electron chi connectivity index (χ0n) is 11.0. The largest absolute Gasteiger partial charge is 0.486 e. The average molecular weight is 332 g/mol. The number of ether oxygens (including phenoxy) is 1. The summed E-state index contributed by atoms with van der Waals surface area (Å²) >= 11 is 17.9. The number of benzene rings is 1. The smallest absolute Gasteiger partial charge is 0.140 e. The molecule has 3 nitrogen and oxygen atoms in total. The molecule has 20 heavy (non-hydrogen) atoms. The van der Waals surface area contributed by atoms with Crippen molar-refractivity contribution >= 4 is 40.5 Å². The SMILES string of the molecule is Cc1cnc(COc2cc(Cl)c(Cl)cc2Cl)c(C)c1N. The van der Waals surface area contributed by atoms with Crippen molar-refractivity contribution in [1.29, 1.82) is 0 Å². The third-order valence-corrected chi connectivity index (χ3v) is 4.03. The van der Waals surface area contributed by atoms with Gasteiger partial charge in [-0.2, -0.15) is 0 Å². The summed E-state index contributed by atoms with van der Waals surface area (Å²) in [6.07, 6.45) is 1.72. The zero-order chi connectivity index (χ0) is 14.9. The van der Waals surface area contributed by atoms with E-state index in [0.717, 1.165) is 22.5 Å². The molecule has 0 unspecified atom stereocenters. The van der Waals surface area contributed by atoms with Crippen LogP contribution in [0.15, 0.2) is 18.3 Å². The average Bonchev–Trinajstić information content (AvgIpc) is 2.40. The second kappa shape index (κ2) is 6.08. The van der Waals surface area contributed by atoms with E-state index in [2.05, 4.69) is 4.98 Å². The van der Waals surface area contributed by atoms with E-state index in [1.54, 1.807) is 18.3 Å². The summed E-state index contributed by atoms with van der Waals surface area (Å²) in [5.74, 6) is 0.460. The van der Waals surface area contributed by atoms with E-state index in [1.807, 2.05) is 13.8 Å². The van der Waals surface area contributed by atoms with Gasteiger partial charge in [0.2, 0.25) is 0 Å². The van der Waals surface area contributed by atoms with Gasteiger partial charge in [0, 0.05) is 18.0 Å². The van der Waals surface area contributed by atoms with Crippen LogP contribution in [0.4, 0.5) is 5.69 Å². The Morgan fingerprint density at radius 3 is 2.45 bits per heavy atom. The van der Waals surface area contributed by atoms with Crippen molar-refractivity contribution in [2.75, 3.05) is 5.73 Å². The van der Waals surface area contributed by atoms with Crippen LogP contribution in [0, 0.1) is 13.8 Å². The van der Waals surface area contributed by atoms with E-state index >= 15 is 0 Å². The van der Waals surface area contributed by atoms with Gasteiger partial charge in [-0.3, -0.25) is 4.98 Å². The minimum absolute atomic E-state index is 0.258. The lowest BCUT2D eigenvalue weighted by molar-refractivity contribution is 0.300. The first-order valence-corrected chi connectivity index (χ1v) is 7.01. The van der Waals surface area contributed by atoms with Crippen molar-refractivity contribution in [3.8, 4) is 5.75 Å². The number of nitrogen functional groups attached to an aromatic ring is 1. The number of rotatable bonds is 3. The Kier molecular flexibility index (Phi) is 4.63. The molecule has 2 rings (SSSR count). The van der Waals surface area contributed by atoms with Gasteiger partial charge in [0.1, 0.15) is 12.4 Å². The minimum atomic E-state index is 0.258. The number of hydrogen-bond acceptors (Lipinski definition) is 3. The summed E-state index contributed by atoms with van der Waals surface area (Å²) in [7, 11) is 0. The highest BCUT2D eigenvalue weighted by Gasteiger charge is 2.10. The van der Waals surface area contributed by atoms with Crippen LogP contribution in [-0.2, 0) is 6.61 Å². The second-order valence-corrected chi connectivity index (χ2v) is 5.63. The lowest BCUT2D eigenvalue weighted by atomic mass is 10.1. The van der Waals surface area contributed by atoms with Crippen LogP contribution < -0.4 is 10.5 Å². The van der Waals surface area contributed by atoms with E-state index in [9.17, 15) is 0 Å². The number of nitrogens with zero attached hydrogens (tertiary/aromatic N) is 1. The predicted octanol–water partition coefficient (Wildman–Crippen LogP) is 4.82. The molecule has 0 fully saturated rings. The maximum Gasteiger partial charge on any atom is 0.140 e. The van der Waals surface area contributed by atoms with E-state index in [-0.39, 0.29) is 6.61 Å². The van der Waals surface area contributed by atoms with Gasteiger partial charge < -0.3 is 10.5 Å². The first kappa shape index (κ1) is 15.2. The van der Waals surface area contributed by atoms with E-state index < -0.39 is 0 Å². The number of hydrogen-bond donors (Lipinski definition) is 1. The van der Waals surface area contributed by atoms with E-state index in [1.165, 1.54) is 0 Å². The molecule has 0 amide bonds. The van der Waals surface area contributed by atoms with Gasteiger partial charge in [-0.05, 0) is 31.0 Å². The Balaban J connectivity index is 2.21. The molecule has 2 aromatic rings. The van der Waals surface area contributed by atoms with Crippen LogP contribution >= 0.6 is 34.8 Å². The standard InChI is InChI=1S/C14H13Cl3N2O/c1-7-5-19-12(8(2)14(7)18)6-20-13-4-10(16)9(15)3-11(13)17/h3-5H,6H2,1-2H3,(H2,18,19). The van der Waals surface area contributed by atoms with Crippen molar-refractivity contribution in [1.82, 2.24) is 4.98 Å². The molecule has 0 spiro atoms. The number of anilines is 1. The molecule has 2 N–H and O–H groups in total. The summed E-state index contributed by atoms with van der Waals surface area (Å²) in [4.78, 5) is 4.32. The van der Waals surface area contributed by atoms with Crippen LogP contribution in [0.2, 0.25) is 15.1 Å². The van der Waals surface area contributed by atoms with Crippen molar-refractivity contribution in [3.05, 3.63) is 50.2 Å². The van der Waals surface area contributed by atoms with Crippen LogP contribution in [0.3, 0.4) is 0 Å². The second-order valence-electron chi connectivity index (χ2n) is 4.41. The maximum atomic E-state index is 6.05. The van der Waals surface area contributed by atoms with Gasteiger partial charge >= 0.3 is 0 Å². The lowest BCUT2D eigenvalue weighted by Gasteiger charge is -2.12. The van der Waals surface area contributed by atoms with Gasteiger partial charge in [-0.25, -0.2) is 0 Å². The van der Waals surface area contributed by atoms with Crippen LogP contribution in [0.5, 0.6) is 5.75 Å². The van der Waals surface area contributed by atoms with E-state index in [4.69, 9.17) is 45.3 Å². The Morgan fingerprint density at radius 2 is 1.75 bits per heavy atom. The maximum absolute atomic E-state index is 6.05. The topological polar surface area (TPSA) is 48.1 Å². The van der Waals surface area contributed by atoms with Gasteiger partial charge in [0.15, 0.2) is 0 Å². The van der Waals surface area contributed by atoms with Crippen molar-refractivity contribution in [2.24, 2.45) is 0 Å². The highest BCUT2D eigenvalue weighted by Crippen LogP contribution is 2.34. The normalized spacial score (nSPS) is 10.7. The number of aromatic nitrogens is 1. The molecule has 0 aliphatic carbocycles. The number of halogens is 3. The Labute approximate surface area is 132 Å². The molecule has 0 aliphatic rings. The molecular formula is C14H13Cl3N2O. The molecule has 0 atom stereocenters. The summed E-state index contributed by atoms with van der Waals surface area (Å²) < 4.78 is 5.64. The summed E-state index contributed by atoms with van der Waals surface area (Å²) in [6, 6.07) is 3.13. The lowest BCUT2D eigenvalue weighted by Crippen LogP contribution is -2.05. The highest BCUT2D eigenvalue weighted by molar-refractivity contribution is 6.43. The minimum Gasteiger partial charge on any atom is -0.486 e. The number of nitrogens with two attached hydrogens (primary N) is 1. The fraction of sp³-hybridized carbons (Fsp3) is 0.214. The molecule has 6 heteroatoms. The van der Waals surface area contributed by atoms with Crippen LogP contribution in [0.25, 0.3) is 0 Å².